The van der Waals surface area contributed by atoms with Crippen molar-refractivity contribution >= 4 is 17.3 Å². The highest BCUT2D eigenvalue weighted by Gasteiger charge is 2.42. The van der Waals surface area contributed by atoms with E-state index in [1.807, 2.05) is 6.07 Å². The highest BCUT2D eigenvalue weighted by molar-refractivity contribution is 6.30. The Hall–Kier alpha value is -0.730. The number of nitrogens with zero attached hydrogens (tertiary/aromatic N) is 1. The Labute approximate surface area is 145 Å². The molecule has 0 radical (unpaired) electrons. The zero-order valence-corrected chi connectivity index (χ0v) is 15.0. The monoisotopic (exact) mass is 332 g/mol. The van der Waals surface area contributed by atoms with Crippen molar-refractivity contribution in [2.24, 2.45) is 5.92 Å². The molecule has 1 aromatic carbocycles. The lowest BCUT2D eigenvalue weighted by Crippen LogP contribution is -2.47. The molecule has 1 aromatic rings. The topological polar surface area (TPSA) is 15.3 Å². The molecule has 2 aliphatic heterocycles. The Morgan fingerprint density at radius 2 is 1.96 bits per heavy atom. The smallest absolute Gasteiger partial charge is 0.0410 e. The van der Waals surface area contributed by atoms with Crippen LogP contribution in [0.3, 0.4) is 0 Å². The largest absolute Gasteiger partial charge is 0.384 e. The SMILES string of the molecule is CC1CCCC(N2CCC3(CC2)CNc2ccc(Cl)cc23)CC1. The summed E-state index contributed by atoms with van der Waals surface area (Å²) >= 11 is 6.27. The Kier molecular flexibility index (Phi) is 4.32. The van der Waals surface area contributed by atoms with E-state index in [2.05, 4.69) is 29.3 Å². The van der Waals surface area contributed by atoms with E-state index in [9.17, 15) is 0 Å². The molecule has 1 saturated heterocycles. The number of halogens is 1. The number of fused-ring (bicyclic) bond motifs is 2. The van der Waals surface area contributed by atoms with E-state index in [0.717, 1.165) is 23.5 Å². The highest BCUT2D eigenvalue weighted by Crippen LogP contribution is 2.45. The summed E-state index contributed by atoms with van der Waals surface area (Å²) in [6.07, 6.45) is 9.66. The molecule has 1 spiro atoms. The summed E-state index contributed by atoms with van der Waals surface area (Å²) in [5, 5.41) is 4.50. The van der Waals surface area contributed by atoms with Gasteiger partial charge in [0.2, 0.25) is 0 Å². The van der Waals surface area contributed by atoms with E-state index in [1.165, 1.54) is 69.3 Å². The molecule has 0 aromatic heterocycles. The summed E-state index contributed by atoms with van der Waals surface area (Å²) in [4.78, 5) is 2.80. The maximum atomic E-state index is 6.27. The second kappa shape index (κ2) is 6.29. The first-order valence-electron chi connectivity index (χ1n) is 9.44. The average Bonchev–Trinajstić information content (AvgIpc) is 2.75. The van der Waals surface area contributed by atoms with Crippen molar-refractivity contribution in [3.63, 3.8) is 0 Å². The summed E-state index contributed by atoms with van der Waals surface area (Å²) in [7, 11) is 0. The molecule has 23 heavy (non-hydrogen) atoms. The van der Waals surface area contributed by atoms with Crippen molar-refractivity contribution in [1.29, 1.82) is 0 Å². The molecular weight excluding hydrogens is 304 g/mol. The molecule has 3 heteroatoms. The lowest BCUT2D eigenvalue weighted by molar-refractivity contribution is 0.111. The first kappa shape index (κ1) is 15.8. The second-order valence-electron chi connectivity index (χ2n) is 8.13. The van der Waals surface area contributed by atoms with Crippen molar-refractivity contribution < 1.29 is 0 Å². The number of likely N-dealkylation sites (tertiary alicyclic amines) is 1. The summed E-state index contributed by atoms with van der Waals surface area (Å²) in [6.45, 7) is 6.04. The number of nitrogens with one attached hydrogen (secondary N) is 1. The summed E-state index contributed by atoms with van der Waals surface area (Å²) in [5.74, 6) is 0.934. The number of piperidine rings is 1. The van der Waals surface area contributed by atoms with Gasteiger partial charge in [0.1, 0.15) is 0 Å². The maximum absolute atomic E-state index is 6.27. The van der Waals surface area contributed by atoms with E-state index in [4.69, 9.17) is 11.6 Å². The van der Waals surface area contributed by atoms with Gasteiger partial charge < -0.3 is 10.2 Å². The van der Waals surface area contributed by atoms with Crippen LogP contribution in [0.4, 0.5) is 5.69 Å². The number of hydrogen-bond donors (Lipinski definition) is 1. The molecule has 2 nitrogen and oxygen atoms in total. The number of benzene rings is 1. The second-order valence-corrected chi connectivity index (χ2v) is 8.56. The van der Waals surface area contributed by atoms with Crippen LogP contribution in [0.15, 0.2) is 18.2 Å². The van der Waals surface area contributed by atoms with Crippen molar-refractivity contribution in [1.82, 2.24) is 4.90 Å². The van der Waals surface area contributed by atoms with E-state index in [1.54, 1.807) is 0 Å². The number of anilines is 1. The van der Waals surface area contributed by atoms with Crippen molar-refractivity contribution in [3.8, 4) is 0 Å². The molecule has 2 atom stereocenters. The van der Waals surface area contributed by atoms with E-state index in [0.29, 0.717) is 5.41 Å². The van der Waals surface area contributed by atoms with Gasteiger partial charge in [0.05, 0.1) is 0 Å². The molecule has 2 fully saturated rings. The minimum absolute atomic E-state index is 0.328. The third-order valence-corrected chi connectivity index (χ3v) is 6.90. The third kappa shape index (κ3) is 3.00. The Morgan fingerprint density at radius 1 is 1.13 bits per heavy atom. The van der Waals surface area contributed by atoms with Crippen molar-refractivity contribution in [3.05, 3.63) is 28.8 Å². The van der Waals surface area contributed by atoms with Gasteiger partial charge in [-0.25, -0.2) is 0 Å². The van der Waals surface area contributed by atoms with Crippen molar-refractivity contribution in [2.75, 3.05) is 25.0 Å². The molecule has 0 amide bonds. The van der Waals surface area contributed by atoms with Crippen LogP contribution in [-0.2, 0) is 5.41 Å². The van der Waals surface area contributed by atoms with Crippen LogP contribution in [0.1, 0.15) is 57.4 Å². The standard InChI is InChI=1S/C20H29ClN2/c1-15-3-2-4-17(7-5-15)23-11-9-20(10-12-23)14-22-19-8-6-16(21)13-18(19)20/h6,8,13,15,17,22H,2-5,7,9-12,14H2,1H3. The first-order valence-corrected chi connectivity index (χ1v) is 9.82. The van der Waals surface area contributed by atoms with Crippen LogP contribution >= 0.6 is 11.6 Å². The average molecular weight is 333 g/mol. The van der Waals surface area contributed by atoms with Crippen LogP contribution in [-0.4, -0.2) is 30.6 Å². The molecule has 1 N–H and O–H groups in total. The quantitative estimate of drug-likeness (QED) is 0.722. The third-order valence-electron chi connectivity index (χ3n) is 6.67. The number of rotatable bonds is 1. The van der Waals surface area contributed by atoms with Gasteiger partial charge in [-0.15, -0.1) is 0 Å². The van der Waals surface area contributed by atoms with Gasteiger partial charge in [0, 0.05) is 28.7 Å². The molecule has 1 saturated carbocycles. The minimum atomic E-state index is 0.328. The van der Waals surface area contributed by atoms with Gasteiger partial charge in [-0.05, 0) is 74.9 Å². The predicted molar refractivity (Wildman–Crippen MR) is 98.5 cm³/mol. The molecule has 4 rings (SSSR count). The minimum Gasteiger partial charge on any atom is -0.384 e. The van der Waals surface area contributed by atoms with E-state index in [-0.39, 0.29) is 0 Å². The Balaban J connectivity index is 1.45. The van der Waals surface area contributed by atoms with Crippen molar-refractivity contribution in [2.45, 2.75) is 63.3 Å². The van der Waals surface area contributed by atoms with Crippen LogP contribution in [0.2, 0.25) is 5.02 Å². The molecule has 1 aliphatic carbocycles. The van der Waals surface area contributed by atoms with E-state index >= 15 is 0 Å². The van der Waals surface area contributed by atoms with Gasteiger partial charge in [0.15, 0.2) is 0 Å². The molecule has 126 valence electrons. The zero-order valence-electron chi connectivity index (χ0n) is 14.3. The van der Waals surface area contributed by atoms with Crippen LogP contribution in [0.5, 0.6) is 0 Å². The lowest BCUT2D eigenvalue weighted by atomic mass is 9.74. The zero-order chi connectivity index (χ0) is 15.9. The fourth-order valence-corrected chi connectivity index (χ4v) is 5.24. The summed E-state index contributed by atoms with van der Waals surface area (Å²) < 4.78 is 0. The molecule has 2 unspecified atom stereocenters. The fraction of sp³-hybridized carbons (Fsp3) is 0.700. The number of hydrogen-bond acceptors (Lipinski definition) is 2. The Bertz CT molecular complexity index is 563. The molecule has 2 heterocycles. The molecule has 0 bridgehead atoms. The highest BCUT2D eigenvalue weighted by atomic mass is 35.5. The van der Waals surface area contributed by atoms with Gasteiger partial charge in [-0.2, -0.15) is 0 Å². The van der Waals surface area contributed by atoms with Gasteiger partial charge in [-0.3, -0.25) is 0 Å². The fourth-order valence-electron chi connectivity index (χ4n) is 5.07. The summed E-state index contributed by atoms with van der Waals surface area (Å²) in [6, 6.07) is 7.21. The van der Waals surface area contributed by atoms with Gasteiger partial charge >= 0.3 is 0 Å². The van der Waals surface area contributed by atoms with Crippen LogP contribution < -0.4 is 5.32 Å². The Morgan fingerprint density at radius 3 is 2.78 bits per heavy atom. The molecular formula is C20H29ClN2. The normalized spacial score (nSPS) is 30.7. The predicted octanol–water partition coefficient (Wildman–Crippen LogP) is 5.07. The summed E-state index contributed by atoms with van der Waals surface area (Å²) in [5.41, 5.74) is 3.11. The van der Waals surface area contributed by atoms with Crippen LogP contribution in [0.25, 0.3) is 0 Å². The van der Waals surface area contributed by atoms with Gasteiger partial charge in [0.25, 0.3) is 0 Å². The van der Waals surface area contributed by atoms with Crippen LogP contribution in [0, 0.1) is 5.92 Å². The van der Waals surface area contributed by atoms with Gasteiger partial charge in [-0.1, -0.05) is 31.4 Å². The molecule has 3 aliphatic rings. The van der Waals surface area contributed by atoms with E-state index < -0.39 is 0 Å². The lowest BCUT2D eigenvalue weighted by Gasteiger charge is -2.42. The first-order chi connectivity index (χ1) is 11.2. The maximum Gasteiger partial charge on any atom is 0.0410 e.